The number of benzene rings is 2. The lowest BCUT2D eigenvalue weighted by atomic mass is 9.94. The topological polar surface area (TPSA) is 165 Å². The minimum Gasteiger partial charge on any atom is -0.760 e. The van der Waals surface area contributed by atoms with Gasteiger partial charge in [-0.2, -0.15) is 8.42 Å². The SMILES string of the molecule is O=c1c(C2=NS(=O)(=O)c3cc(CCNS(=O)[O-])ccc3N2)c(O)c2ccccc2n1NC1CCC1. The third-order valence-electron chi connectivity index (χ3n) is 6.13. The number of anilines is 1. The monoisotopic (exact) mass is 516 g/mol. The molecule has 35 heavy (non-hydrogen) atoms. The van der Waals surface area contributed by atoms with Crippen molar-refractivity contribution in [2.24, 2.45) is 4.40 Å². The molecule has 1 aliphatic carbocycles. The third kappa shape index (κ3) is 4.43. The molecular weight excluding hydrogens is 494 g/mol. The second-order valence-corrected chi connectivity index (χ2v) is 10.7. The maximum atomic E-state index is 13.5. The van der Waals surface area contributed by atoms with Crippen LogP contribution in [-0.4, -0.2) is 45.4 Å². The summed E-state index contributed by atoms with van der Waals surface area (Å²) in [6, 6.07) is 11.5. The van der Waals surface area contributed by atoms with Crippen molar-refractivity contribution < 1.29 is 22.3 Å². The van der Waals surface area contributed by atoms with Crippen LogP contribution in [0.1, 0.15) is 30.4 Å². The highest BCUT2D eigenvalue weighted by molar-refractivity contribution is 7.90. The van der Waals surface area contributed by atoms with E-state index >= 15 is 0 Å². The number of hydrogen-bond acceptors (Lipinski definition) is 8. The lowest BCUT2D eigenvalue weighted by Gasteiger charge is -2.29. The summed E-state index contributed by atoms with van der Waals surface area (Å²) in [4.78, 5) is 13.4. The molecule has 2 heterocycles. The molecule has 184 valence electrons. The van der Waals surface area contributed by atoms with Gasteiger partial charge in [-0.3, -0.25) is 9.00 Å². The Labute approximate surface area is 203 Å². The minimum atomic E-state index is -4.22. The molecule has 1 unspecified atom stereocenters. The molecule has 0 bridgehead atoms. The fourth-order valence-corrected chi connectivity index (χ4v) is 5.57. The Balaban J connectivity index is 1.58. The number of fused-ring (bicyclic) bond motifs is 2. The normalized spacial score (nSPS) is 17.7. The quantitative estimate of drug-likeness (QED) is 0.341. The Morgan fingerprint density at radius 3 is 2.71 bits per heavy atom. The fraction of sp³-hybridized carbons (Fsp3) is 0.273. The standard InChI is InChI=1S/C22H23N5O6S2/c28-20-15-6-1-2-7-17(15)27(25-14-4-3-5-14)22(29)19(20)21-24-16-9-8-13(10-11-23-34(30)31)12-18(16)35(32,33)26-21/h1-2,6-9,12,14,23,25,28H,3-5,10-11H2,(H,24,26)(H,30,31)/p-1. The zero-order chi connectivity index (χ0) is 24.7. The Kier molecular flexibility index (Phi) is 6.09. The fourth-order valence-electron chi connectivity index (χ4n) is 4.13. The number of nitrogens with zero attached hydrogens (tertiary/aromatic N) is 2. The van der Waals surface area contributed by atoms with Gasteiger partial charge < -0.3 is 20.4 Å². The van der Waals surface area contributed by atoms with Crippen LogP contribution in [0, 0.1) is 0 Å². The summed E-state index contributed by atoms with van der Waals surface area (Å²) >= 11 is -2.41. The maximum Gasteiger partial charge on any atom is 0.286 e. The molecule has 13 heteroatoms. The van der Waals surface area contributed by atoms with E-state index in [4.69, 9.17) is 0 Å². The molecule has 2 aliphatic rings. The first kappa shape index (κ1) is 23.5. The molecule has 1 aromatic heterocycles. The van der Waals surface area contributed by atoms with Crippen molar-refractivity contribution in [1.82, 2.24) is 9.40 Å². The molecule has 1 aliphatic heterocycles. The van der Waals surface area contributed by atoms with E-state index in [0.717, 1.165) is 19.3 Å². The number of aromatic hydroxyl groups is 1. The Hall–Kier alpha value is -3.26. The van der Waals surface area contributed by atoms with Gasteiger partial charge in [0.1, 0.15) is 16.2 Å². The van der Waals surface area contributed by atoms with Crippen LogP contribution >= 0.6 is 0 Å². The lowest BCUT2D eigenvalue weighted by Crippen LogP contribution is -2.42. The van der Waals surface area contributed by atoms with Crippen molar-refractivity contribution >= 4 is 43.7 Å². The van der Waals surface area contributed by atoms with Crippen LogP contribution in [0.4, 0.5) is 5.69 Å². The summed E-state index contributed by atoms with van der Waals surface area (Å²) in [6.07, 6.45) is 3.13. The molecule has 11 nitrogen and oxygen atoms in total. The Bertz CT molecular complexity index is 1550. The summed E-state index contributed by atoms with van der Waals surface area (Å²) in [6.45, 7) is 0.107. The van der Waals surface area contributed by atoms with Crippen molar-refractivity contribution in [3.8, 4) is 5.75 Å². The van der Waals surface area contributed by atoms with Gasteiger partial charge in [0.2, 0.25) is 0 Å². The summed E-state index contributed by atoms with van der Waals surface area (Å²) < 4.78 is 54.8. The van der Waals surface area contributed by atoms with Gasteiger partial charge in [-0.15, -0.1) is 4.40 Å². The van der Waals surface area contributed by atoms with E-state index in [2.05, 4.69) is 19.9 Å². The highest BCUT2D eigenvalue weighted by atomic mass is 32.2. The van der Waals surface area contributed by atoms with Gasteiger partial charge in [-0.1, -0.05) is 18.2 Å². The van der Waals surface area contributed by atoms with Gasteiger partial charge in [-0.25, -0.2) is 9.40 Å². The van der Waals surface area contributed by atoms with Gasteiger partial charge in [-0.05, 0) is 55.5 Å². The van der Waals surface area contributed by atoms with E-state index in [9.17, 15) is 27.1 Å². The van der Waals surface area contributed by atoms with Gasteiger partial charge in [0, 0.05) is 29.2 Å². The van der Waals surface area contributed by atoms with E-state index in [1.165, 1.54) is 16.8 Å². The van der Waals surface area contributed by atoms with Crippen LogP contribution in [0.5, 0.6) is 5.75 Å². The van der Waals surface area contributed by atoms with E-state index in [-0.39, 0.29) is 46.7 Å². The zero-order valence-corrected chi connectivity index (χ0v) is 20.0. The van der Waals surface area contributed by atoms with Gasteiger partial charge in [0.25, 0.3) is 15.6 Å². The first-order valence-corrected chi connectivity index (χ1v) is 13.5. The van der Waals surface area contributed by atoms with Crippen LogP contribution in [0.3, 0.4) is 0 Å². The molecule has 2 aromatic carbocycles. The van der Waals surface area contributed by atoms with Crippen LogP contribution < -0.4 is 21.0 Å². The number of para-hydroxylation sites is 1. The van der Waals surface area contributed by atoms with E-state index < -0.39 is 26.8 Å². The van der Waals surface area contributed by atoms with Crippen molar-refractivity contribution in [2.45, 2.75) is 36.6 Å². The molecule has 0 saturated heterocycles. The van der Waals surface area contributed by atoms with Crippen molar-refractivity contribution in [2.75, 3.05) is 17.3 Å². The second kappa shape index (κ2) is 9.07. The first-order valence-electron chi connectivity index (χ1n) is 11.0. The van der Waals surface area contributed by atoms with E-state index in [1.54, 1.807) is 30.3 Å². The number of amidine groups is 1. The Morgan fingerprint density at radius 2 is 2.00 bits per heavy atom. The first-order chi connectivity index (χ1) is 16.7. The molecular formula is C22H22N5O6S2-. The number of hydrogen-bond donors (Lipinski definition) is 4. The van der Waals surface area contributed by atoms with Gasteiger partial charge >= 0.3 is 0 Å². The minimum absolute atomic E-state index is 0.102. The molecule has 1 atom stereocenters. The number of rotatable bonds is 7. The maximum absolute atomic E-state index is 13.5. The highest BCUT2D eigenvalue weighted by Gasteiger charge is 2.31. The van der Waals surface area contributed by atoms with E-state index in [1.807, 2.05) is 0 Å². The molecule has 0 radical (unpaired) electrons. The highest BCUT2D eigenvalue weighted by Crippen LogP contribution is 2.33. The summed E-state index contributed by atoms with van der Waals surface area (Å²) in [5.41, 5.74) is 3.57. The van der Waals surface area contributed by atoms with Crippen molar-refractivity contribution in [1.29, 1.82) is 0 Å². The van der Waals surface area contributed by atoms with Crippen LogP contribution in [-0.2, 0) is 27.7 Å². The van der Waals surface area contributed by atoms with Crippen LogP contribution in [0.2, 0.25) is 0 Å². The number of nitrogens with one attached hydrogen (secondary N) is 3. The predicted molar refractivity (Wildman–Crippen MR) is 131 cm³/mol. The molecule has 1 saturated carbocycles. The zero-order valence-electron chi connectivity index (χ0n) is 18.4. The molecule has 5 rings (SSSR count). The summed E-state index contributed by atoms with van der Waals surface area (Å²) in [5.74, 6) is -0.637. The van der Waals surface area contributed by atoms with E-state index in [0.29, 0.717) is 16.5 Å². The molecule has 0 amide bonds. The smallest absolute Gasteiger partial charge is 0.286 e. The average Bonchev–Trinajstić information content (AvgIpc) is 2.78. The largest absolute Gasteiger partial charge is 0.760 e. The predicted octanol–water partition coefficient (Wildman–Crippen LogP) is 1.29. The molecule has 3 aromatic rings. The third-order valence-corrected chi connectivity index (χ3v) is 7.89. The number of sulfonamides is 1. The summed E-state index contributed by atoms with van der Waals surface area (Å²) in [5, 5.41) is 14.3. The Morgan fingerprint density at radius 1 is 1.23 bits per heavy atom. The van der Waals surface area contributed by atoms with Gasteiger partial charge in [0.05, 0.1) is 11.2 Å². The van der Waals surface area contributed by atoms with Crippen molar-refractivity contribution in [3.63, 3.8) is 0 Å². The second-order valence-electron chi connectivity index (χ2n) is 8.39. The lowest BCUT2D eigenvalue weighted by molar-refractivity contribution is 0.414. The molecule has 1 fully saturated rings. The molecule has 0 spiro atoms. The van der Waals surface area contributed by atoms with Crippen molar-refractivity contribution in [3.05, 3.63) is 63.9 Å². The average molecular weight is 517 g/mol. The number of pyridine rings is 1. The van der Waals surface area contributed by atoms with Crippen LogP contribution in [0.15, 0.2) is 56.6 Å². The summed E-state index contributed by atoms with van der Waals surface area (Å²) in [7, 11) is -4.22. The van der Waals surface area contributed by atoms with Crippen LogP contribution in [0.25, 0.3) is 10.9 Å². The molecule has 4 N–H and O–H groups in total. The number of aromatic nitrogens is 1. The van der Waals surface area contributed by atoms with Gasteiger partial charge in [0.15, 0.2) is 5.84 Å².